The first kappa shape index (κ1) is 14.9. The van der Waals surface area contributed by atoms with Crippen molar-refractivity contribution in [2.75, 3.05) is 0 Å². The third-order valence-corrected chi connectivity index (χ3v) is 3.61. The van der Waals surface area contributed by atoms with Gasteiger partial charge in [0, 0.05) is 0 Å². The Hall–Kier alpha value is -1.52. The molecule has 4 nitrogen and oxygen atoms in total. The molecule has 0 saturated carbocycles. The number of halogens is 2. The molecular formula is C14H14Cl2N2O2. The minimum atomic E-state index is -0.602. The highest BCUT2D eigenvalue weighted by Gasteiger charge is 2.18. The molecule has 1 aromatic heterocycles. The SMILES string of the molecule is Cc1ccc(-n2c(=O)[nH]c(Cl)c(C(C)C)c2=O)c(Cl)c1. The van der Waals surface area contributed by atoms with Gasteiger partial charge in [-0.2, -0.15) is 0 Å². The first-order valence-corrected chi connectivity index (χ1v) is 6.89. The molecule has 0 spiro atoms. The van der Waals surface area contributed by atoms with Crippen molar-refractivity contribution < 1.29 is 0 Å². The largest absolute Gasteiger partial charge is 0.334 e. The van der Waals surface area contributed by atoms with Crippen LogP contribution in [0.25, 0.3) is 5.69 Å². The van der Waals surface area contributed by atoms with Crippen LogP contribution < -0.4 is 11.2 Å². The molecule has 0 bridgehead atoms. The van der Waals surface area contributed by atoms with Crippen LogP contribution in [0, 0.1) is 6.92 Å². The van der Waals surface area contributed by atoms with E-state index in [0.29, 0.717) is 16.3 Å². The third-order valence-electron chi connectivity index (χ3n) is 3.01. The van der Waals surface area contributed by atoms with Gasteiger partial charge in [-0.15, -0.1) is 0 Å². The fourth-order valence-corrected chi connectivity index (χ4v) is 2.74. The summed E-state index contributed by atoms with van der Waals surface area (Å²) in [4.78, 5) is 27.0. The molecule has 0 aliphatic rings. The Morgan fingerprint density at radius 1 is 1.20 bits per heavy atom. The second-order valence-electron chi connectivity index (χ2n) is 4.91. The van der Waals surface area contributed by atoms with Gasteiger partial charge < -0.3 is 0 Å². The van der Waals surface area contributed by atoms with E-state index in [1.54, 1.807) is 18.2 Å². The van der Waals surface area contributed by atoms with E-state index in [2.05, 4.69) is 4.98 Å². The first-order valence-electron chi connectivity index (χ1n) is 6.14. The molecule has 1 heterocycles. The molecular weight excluding hydrogens is 299 g/mol. The van der Waals surface area contributed by atoms with Crippen LogP contribution in [-0.2, 0) is 0 Å². The number of benzene rings is 1. The maximum Gasteiger partial charge on any atom is 0.334 e. The van der Waals surface area contributed by atoms with E-state index >= 15 is 0 Å². The fraction of sp³-hybridized carbons (Fsp3) is 0.286. The van der Waals surface area contributed by atoms with Crippen molar-refractivity contribution in [2.24, 2.45) is 0 Å². The van der Waals surface area contributed by atoms with Crippen LogP contribution in [0.1, 0.15) is 30.9 Å². The molecule has 2 rings (SSSR count). The van der Waals surface area contributed by atoms with Crippen LogP contribution in [-0.4, -0.2) is 9.55 Å². The highest BCUT2D eigenvalue weighted by molar-refractivity contribution is 6.32. The fourth-order valence-electron chi connectivity index (χ4n) is 2.04. The van der Waals surface area contributed by atoms with Gasteiger partial charge in [-0.3, -0.25) is 9.78 Å². The second kappa shape index (κ2) is 5.46. The summed E-state index contributed by atoms with van der Waals surface area (Å²) in [5.41, 5.74) is 0.612. The molecule has 2 aromatic rings. The molecule has 1 N–H and O–H groups in total. The van der Waals surface area contributed by atoms with Crippen LogP contribution in [0.5, 0.6) is 0 Å². The topological polar surface area (TPSA) is 54.9 Å². The van der Waals surface area contributed by atoms with Crippen molar-refractivity contribution in [3.05, 3.63) is 60.3 Å². The molecule has 0 unspecified atom stereocenters. The first-order chi connectivity index (χ1) is 9.32. The zero-order valence-corrected chi connectivity index (χ0v) is 12.8. The van der Waals surface area contributed by atoms with Gasteiger partial charge in [-0.25, -0.2) is 9.36 Å². The smallest absolute Gasteiger partial charge is 0.297 e. The number of nitrogens with one attached hydrogen (secondary N) is 1. The summed E-state index contributed by atoms with van der Waals surface area (Å²) in [6.07, 6.45) is 0. The molecule has 0 aliphatic heterocycles. The predicted molar refractivity (Wildman–Crippen MR) is 81.5 cm³/mol. The molecule has 106 valence electrons. The van der Waals surface area contributed by atoms with Gasteiger partial charge in [0.2, 0.25) is 0 Å². The van der Waals surface area contributed by atoms with Crippen molar-refractivity contribution in [1.29, 1.82) is 0 Å². The maximum absolute atomic E-state index is 12.5. The lowest BCUT2D eigenvalue weighted by atomic mass is 10.1. The lowest BCUT2D eigenvalue weighted by molar-refractivity contribution is 0.777. The number of hydrogen-bond donors (Lipinski definition) is 1. The summed E-state index contributed by atoms with van der Waals surface area (Å²) in [6, 6.07) is 5.13. The molecule has 0 amide bonds. The second-order valence-corrected chi connectivity index (χ2v) is 5.69. The normalized spacial score (nSPS) is 11.1. The van der Waals surface area contributed by atoms with Gasteiger partial charge in [0.25, 0.3) is 5.56 Å². The van der Waals surface area contributed by atoms with Gasteiger partial charge in [-0.1, -0.05) is 43.1 Å². The summed E-state index contributed by atoms with van der Waals surface area (Å²) >= 11 is 12.1. The minimum Gasteiger partial charge on any atom is -0.297 e. The van der Waals surface area contributed by atoms with Crippen molar-refractivity contribution in [3.8, 4) is 5.69 Å². The Morgan fingerprint density at radius 2 is 1.85 bits per heavy atom. The van der Waals surface area contributed by atoms with Crippen molar-refractivity contribution in [3.63, 3.8) is 0 Å². The highest BCUT2D eigenvalue weighted by atomic mass is 35.5. The summed E-state index contributed by atoms with van der Waals surface area (Å²) in [5, 5.41) is 0.420. The van der Waals surface area contributed by atoms with Gasteiger partial charge in [0.1, 0.15) is 5.15 Å². The predicted octanol–water partition coefficient (Wildman–Crippen LogP) is 3.26. The Balaban J connectivity index is 2.85. The Labute approximate surface area is 126 Å². The number of aromatic nitrogens is 2. The van der Waals surface area contributed by atoms with Crippen LogP contribution in [0.2, 0.25) is 10.2 Å². The zero-order valence-electron chi connectivity index (χ0n) is 11.3. The summed E-state index contributed by atoms with van der Waals surface area (Å²) in [5.74, 6) is -0.109. The Bertz CT molecular complexity index is 776. The van der Waals surface area contributed by atoms with Crippen molar-refractivity contribution >= 4 is 23.2 Å². The van der Waals surface area contributed by atoms with E-state index in [1.807, 2.05) is 20.8 Å². The van der Waals surface area contributed by atoms with E-state index < -0.39 is 11.2 Å². The summed E-state index contributed by atoms with van der Waals surface area (Å²) < 4.78 is 1.02. The van der Waals surface area contributed by atoms with E-state index in [1.165, 1.54) is 0 Å². The van der Waals surface area contributed by atoms with Crippen LogP contribution in [0.4, 0.5) is 0 Å². The molecule has 20 heavy (non-hydrogen) atoms. The monoisotopic (exact) mass is 312 g/mol. The van der Waals surface area contributed by atoms with Gasteiger partial charge in [0.05, 0.1) is 16.3 Å². The van der Waals surface area contributed by atoms with Crippen LogP contribution >= 0.6 is 23.2 Å². The Kier molecular flexibility index (Phi) is 4.06. The quantitative estimate of drug-likeness (QED) is 0.865. The number of H-pyrrole nitrogens is 1. The van der Waals surface area contributed by atoms with Crippen molar-refractivity contribution in [2.45, 2.75) is 26.7 Å². The molecule has 0 atom stereocenters. The van der Waals surface area contributed by atoms with E-state index in [-0.39, 0.29) is 11.1 Å². The van der Waals surface area contributed by atoms with E-state index in [0.717, 1.165) is 10.1 Å². The molecule has 0 aliphatic carbocycles. The maximum atomic E-state index is 12.5. The molecule has 0 saturated heterocycles. The lowest BCUT2D eigenvalue weighted by Crippen LogP contribution is -2.36. The average molecular weight is 313 g/mol. The minimum absolute atomic E-state index is 0.0782. The summed E-state index contributed by atoms with van der Waals surface area (Å²) in [6.45, 7) is 5.55. The molecule has 0 fully saturated rings. The number of aromatic amines is 1. The van der Waals surface area contributed by atoms with Crippen molar-refractivity contribution in [1.82, 2.24) is 9.55 Å². The standard InChI is InChI=1S/C14H14Cl2N2O2/c1-7(2)11-12(16)17-14(20)18(13(11)19)10-5-4-8(3)6-9(10)15/h4-7H,1-3H3,(H,17,20). The Morgan fingerprint density at radius 3 is 2.40 bits per heavy atom. The highest BCUT2D eigenvalue weighted by Crippen LogP contribution is 2.21. The van der Waals surface area contributed by atoms with Crippen LogP contribution in [0.15, 0.2) is 27.8 Å². The zero-order chi connectivity index (χ0) is 15.0. The number of hydrogen-bond acceptors (Lipinski definition) is 2. The van der Waals surface area contributed by atoms with Gasteiger partial charge >= 0.3 is 5.69 Å². The van der Waals surface area contributed by atoms with Gasteiger partial charge in [-0.05, 0) is 30.5 Å². The summed E-state index contributed by atoms with van der Waals surface area (Å²) in [7, 11) is 0. The number of rotatable bonds is 2. The van der Waals surface area contributed by atoms with E-state index in [9.17, 15) is 9.59 Å². The third kappa shape index (κ3) is 2.53. The molecule has 6 heteroatoms. The van der Waals surface area contributed by atoms with Crippen LogP contribution in [0.3, 0.4) is 0 Å². The lowest BCUT2D eigenvalue weighted by Gasteiger charge is -2.12. The van der Waals surface area contributed by atoms with E-state index in [4.69, 9.17) is 23.2 Å². The average Bonchev–Trinajstić information content (AvgIpc) is 2.30. The molecule has 1 aromatic carbocycles. The van der Waals surface area contributed by atoms with Gasteiger partial charge in [0.15, 0.2) is 0 Å². The molecule has 0 radical (unpaired) electrons. The number of aryl methyl sites for hydroxylation is 1. The number of nitrogens with zero attached hydrogens (tertiary/aromatic N) is 1.